The highest BCUT2D eigenvalue weighted by Gasteiger charge is 2.19. The zero-order chi connectivity index (χ0) is 18.4. The lowest BCUT2D eigenvalue weighted by molar-refractivity contribution is -0.127. The first-order valence-corrected chi connectivity index (χ1v) is 10.4. The van der Waals surface area contributed by atoms with Crippen LogP contribution in [-0.4, -0.2) is 38.9 Å². The molecule has 2 aromatic carbocycles. The lowest BCUT2D eigenvalue weighted by Gasteiger charge is -2.15. The SMILES string of the molecule is O=C1CCCN1CCc1ccc(S(=O)(=O)NCCc2ccccc2)cc1. The molecule has 1 aliphatic heterocycles. The molecule has 0 aromatic heterocycles. The first-order valence-electron chi connectivity index (χ1n) is 8.95. The van der Waals surface area contributed by atoms with Gasteiger partial charge in [-0.3, -0.25) is 4.79 Å². The van der Waals surface area contributed by atoms with E-state index in [9.17, 15) is 13.2 Å². The standard InChI is InChI=1S/C20H24N2O3S/c23-20-7-4-15-22(20)16-13-18-8-10-19(11-9-18)26(24,25)21-14-12-17-5-2-1-3-6-17/h1-3,5-6,8-11,21H,4,7,12-16H2. The summed E-state index contributed by atoms with van der Waals surface area (Å²) in [4.78, 5) is 13.8. The third-order valence-electron chi connectivity index (χ3n) is 4.62. The third-order valence-corrected chi connectivity index (χ3v) is 6.10. The molecule has 1 saturated heterocycles. The van der Waals surface area contributed by atoms with Crippen LogP contribution in [0.5, 0.6) is 0 Å². The van der Waals surface area contributed by atoms with Crippen LogP contribution >= 0.6 is 0 Å². The fraction of sp³-hybridized carbons (Fsp3) is 0.350. The molecule has 1 N–H and O–H groups in total. The predicted molar refractivity (Wildman–Crippen MR) is 101 cm³/mol. The van der Waals surface area contributed by atoms with Crippen LogP contribution in [0.15, 0.2) is 59.5 Å². The Morgan fingerprint density at radius 2 is 1.62 bits per heavy atom. The summed E-state index contributed by atoms with van der Waals surface area (Å²) in [7, 11) is -3.50. The average Bonchev–Trinajstić information content (AvgIpc) is 3.06. The smallest absolute Gasteiger partial charge is 0.240 e. The molecular formula is C20H24N2O3S. The minimum atomic E-state index is -3.50. The molecule has 2 aromatic rings. The lowest BCUT2D eigenvalue weighted by Crippen LogP contribution is -2.27. The average molecular weight is 372 g/mol. The fourth-order valence-electron chi connectivity index (χ4n) is 3.10. The van der Waals surface area contributed by atoms with E-state index >= 15 is 0 Å². The summed E-state index contributed by atoms with van der Waals surface area (Å²) >= 11 is 0. The van der Waals surface area contributed by atoms with E-state index in [1.807, 2.05) is 47.4 Å². The second-order valence-corrected chi connectivity index (χ2v) is 8.28. The summed E-state index contributed by atoms with van der Waals surface area (Å²) in [5, 5.41) is 0. The molecule has 26 heavy (non-hydrogen) atoms. The number of nitrogens with one attached hydrogen (secondary N) is 1. The molecule has 1 heterocycles. The number of amides is 1. The van der Waals surface area contributed by atoms with Crippen LogP contribution in [-0.2, 0) is 27.7 Å². The summed E-state index contributed by atoms with van der Waals surface area (Å²) in [6, 6.07) is 16.7. The van der Waals surface area contributed by atoms with Gasteiger partial charge in [-0.05, 0) is 42.5 Å². The zero-order valence-electron chi connectivity index (χ0n) is 14.7. The normalized spacial score (nSPS) is 14.8. The minimum absolute atomic E-state index is 0.215. The van der Waals surface area contributed by atoms with Crippen molar-refractivity contribution in [3.63, 3.8) is 0 Å². The number of hydrogen-bond acceptors (Lipinski definition) is 3. The molecule has 1 amide bonds. The van der Waals surface area contributed by atoms with Crippen LogP contribution in [0.25, 0.3) is 0 Å². The number of benzene rings is 2. The number of sulfonamides is 1. The highest BCUT2D eigenvalue weighted by molar-refractivity contribution is 7.89. The Kier molecular flexibility index (Phi) is 6.06. The van der Waals surface area contributed by atoms with Crippen molar-refractivity contribution in [2.45, 2.75) is 30.6 Å². The molecule has 6 heteroatoms. The summed E-state index contributed by atoms with van der Waals surface area (Å²) < 4.78 is 27.4. The van der Waals surface area contributed by atoms with Gasteiger partial charge in [0.15, 0.2) is 0 Å². The van der Waals surface area contributed by atoms with Crippen LogP contribution in [0.1, 0.15) is 24.0 Å². The van der Waals surface area contributed by atoms with Gasteiger partial charge in [-0.1, -0.05) is 42.5 Å². The molecule has 0 spiro atoms. The maximum absolute atomic E-state index is 12.4. The van der Waals surface area contributed by atoms with Gasteiger partial charge in [-0.15, -0.1) is 0 Å². The summed E-state index contributed by atoms with van der Waals surface area (Å²) in [5.74, 6) is 0.215. The van der Waals surface area contributed by atoms with Crippen molar-refractivity contribution in [1.29, 1.82) is 0 Å². The first-order chi connectivity index (χ1) is 12.5. The van der Waals surface area contributed by atoms with E-state index in [1.165, 1.54) is 0 Å². The Bertz CT molecular complexity index is 833. The maximum atomic E-state index is 12.4. The van der Waals surface area contributed by atoms with Crippen LogP contribution in [0.2, 0.25) is 0 Å². The molecule has 1 fully saturated rings. The van der Waals surface area contributed by atoms with Crippen molar-refractivity contribution in [2.75, 3.05) is 19.6 Å². The van der Waals surface area contributed by atoms with Gasteiger partial charge >= 0.3 is 0 Å². The number of carbonyl (C=O) groups excluding carboxylic acids is 1. The van der Waals surface area contributed by atoms with Gasteiger partial charge in [-0.25, -0.2) is 13.1 Å². The molecule has 5 nitrogen and oxygen atoms in total. The van der Waals surface area contributed by atoms with Gasteiger partial charge in [0.05, 0.1) is 4.90 Å². The molecule has 1 aliphatic rings. The van der Waals surface area contributed by atoms with Crippen molar-refractivity contribution in [1.82, 2.24) is 9.62 Å². The quantitative estimate of drug-likeness (QED) is 0.774. The van der Waals surface area contributed by atoms with Gasteiger partial charge in [0, 0.05) is 26.1 Å². The van der Waals surface area contributed by atoms with Crippen LogP contribution in [0, 0.1) is 0 Å². The van der Waals surface area contributed by atoms with E-state index in [0.717, 1.165) is 30.5 Å². The van der Waals surface area contributed by atoms with E-state index in [4.69, 9.17) is 0 Å². The van der Waals surface area contributed by atoms with E-state index in [1.54, 1.807) is 12.1 Å². The van der Waals surface area contributed by atoms with Gasteiger partial charge < -0.3 is 4.90 Å². The summed E-state index contributed by atoms with van der Waals surface area (Å²) in [5.41, 5.74) is 2.13. The molecule has 0 bridgehead atoms. The van der Waals surface area contributed by atoms with Crippen molar-refractivity contribution in [3.8, 4) is 0 Å². The Morgan fingerprint density at radius 1 is 0.923 bits per heavy atom. The highest BCUT2D eigenvalue weighted by Crippen LogP contribution is 2.14. The topological polar surface area (TPSA) is 66.5 Å². The van der Waals surface area contributed by atoms with Gasteiger partial charge in [0.25, 0.3) is 0 Å². The minimum Gasteiger partial charge on any atom is -0.342 e. The molecular weight excluding hydrogens is 348 g/mol. The largest absolute Gasteiger partial charge is 0.342 e. The Labute approximate surface area is 155 Å². The number of nitrogens with zero attached hydrogens (tertiary/aromatic N) is 1. The van der Waals surface area contributed by atoms with Gasteiger partial charge in [0.2, 0.25) is 15.9 Å². The van der Waals surface area contributed by atoms with E-state index < -0.39 is 10.0 Å². The number of rotatable bonds is 8. The summed E-state index contributed by atoms with van der Waals surface area (Å²) in [6.07, 6.45) is 2.98. The van der Waals surface area contributed by atoms with Crippen molar-refractivity contribution in [3.05, 3.63) is 65.7 Å². The number of likely N-dealkylation sites (tertiary alicyclic amines) is 1. The van der Waals surface area contributed by atoms with Crippen LogP contribution in [0.3, 0.4) is 0 Å². The fourth-order valence-corrected chi connectivity index (χ4v) is 4.13. The zero-order valence-corrected chi connectivity index (χ0v) is 15.5. The molecule has 0 radical (unpaired) electrons. The Morgan fingerprint density at radius 3 is 2.27 bits per heavy atom. The second kappa shape index (κ2) is 8.47. The van der Waals surface area contributed by atoms with Crippen molar-refractivity contribution >= 4 is 15.9 Å². The molecule has 0 atom stereocenters. The van der Waals surface area contributed by atoms with E-state index in [0.29, 0.717) is 25.9 Å². The van der Waals surface area contributed by atoms with E-state index in [2.05, 4.69) is 4.72 Å². The Hall–Kier alpha value is -2.18. The van der Waals surface area contributed by atoms with Crippen molar-refractivity contribution < 1.29 is 13.2 Å². The van der Waals surface area contributed by atoms with Gasteiger partial charge in [-0.2, -0.15) is 0 Å². The van der Waals surface area contributed by atoms with Crippen LogP contribution in [0.4, 0.5) is 0 Å². The molecule has 0 saturated carbocycles. The predicted octanol–water partition coefficient (Wildman–Crippen LogP) is 2.37. The maximum Gasteiger partial charge on any atom is 0.240 e. The monoisotopic (exact) mass is 372 g/mol. The molecule has 138 valence electrons. The van der Waals surface area contributed by atoms with E-state index in [-0.39, 0.29) is 10.8 Å². The second-order valence-electron chi connectivity index (χ2n) is 6.51. The summed E-state index contributed by atoms with van der Waals surface area (Å²) in [6.45, 7) is 1.89. The first kappa shape index (κ1) is 18.6. The number of carbonyl (C=O) groups is 1. The number of hydrogen-bond donors (Lipinski definition) is 1. The van der Waals surface area contributed by atoms with Crippen LogP contribution < -0.4 is 4.72 Å². The highest BCUT2D eigenvalue weighted by atomic mass is 32.2. The molecule has 0 aliphatic carbocycles. The Balaban J connectivity index is 1.52. The molecule has 0 unspecified atom stereocenters. The molecule has 3 rings (SSSR count). The lowest BCUT2D eigenvalue weighted by atomic mass is 10.1. The van der Waals surface area contributed by atoms with Gasteiger partial charge in [0.1, 0.15) is 0 Å². The van der Waals surface area contributed by atoms with Crippen molar-refractivity contribution in [2.24, 2.45) is 0 Å². The third kappa shape index (κ3) is 4.93.